The van der Waals surface area contributed by atoms with Gasteiger partial charge in [0, 0.05) is 12.0 Å². The van der Waals surface area contributed by atoms with Crippen molar-refractivity contribution in [2.75, 3.05) is 6.54 Å². The maximum Gasteiger partial charge on any atom is 0.00764 e. The fraction of sp³-hybridized carbons (Fsp3) is 0.333. The third kappa shape index (κ3) is 1.43. The van der Waals surface area contributed by atoms with Crippen LogP contribution in [0.15, 0.2) is 36.4 Å². The van der Waals surface area contributed by atoms with Crippen molar-refractivity contribution in [1.82, 2.24) is 0 Å². The van der Waals surface area contributed by atoms with Crippen molar-refractivity contribution >= 4 is 10.8 Å². The van der Waals surface area contributed by atoms with Crippen LogP contribution in [0.1, 0.15) is 24.0 Å². The molecule has 1 aliphatic carbocycles. The molecule has 2 aromatic carbocycles. The molecule has 0 bridgehead atoms. The Balaban J connectivity index is 2.15. The van der Waals surface area contributed by atoms with Gasteiger partial charge < -0.3 is 5.73 Å². The predicted molar refractivity (Wildman–Crippen MR) is 68.7 cm³/mol. The molecule has 1 nitrogen and oxygen atoms in total. The van der Waals surface area contributed by atoms with Crippen LogP contribution in [0.3, 0.4) is 0 Å². The Bertz CT molecular complexity index is 538. The molecule has 1 aliphatic rings. The number of benzene rings is 2. The SMILES string of the molecule is Cc1ccc2ccc(C3(CN)CC3)cc2c1. The molecule has 1 fully saturated rings. The quantitative estimate of drug-likeness (QED) is 0.811. The predicted octanol–water partition coefficient (Wildman–Crippen LogP) is 3.14. The molecule has 0 unspecified atom stereocenters. The van der Waals surface area contributed by atoms with Gasteiger partial charge in [0.05, 0.1) is 0 Å². The molecule has 1 saturated carbocycles. The van der Waals surface area contributed by atoms with Crippen LogP contribution in [0.5, 0.6) is 0 Å². The summed E-state index contributed by atoms with van der Waals surface area (Å²) in [6, 6.07) is 13.4. The summed E-state index contributed by atoms with van der Waals surface area (Å²) in [7, 11) is 0. The van der Waals surface area contributed by atoms with E-state index in [1.165, 1.54) is 34.7 Å². The normalized spacial score (nSPS) is 17.6. The Morgan fingerprint density at radius 3 is 2.50 bits per heavy atom. The molecule has 0 amide bonds. The third-order valence-corrected chi connectivity index (χ3v) is 3.85. The van der Waals surface area contributed by atoms with E-state index in [0.29, 0.717) is 5.41 Å². The van der Waals surface area contributed by atoms with E-state index in [4.69, 9.17) is 5.73 Å². The summed E-state index contributed by atoms with van der Waals surface area (Å²) in [5.74, 6) is 0. The Morgan fingerprint density at radius 1 is 1.06 bits per heavy atom. The van der Waals surface area contributed by atoms with E-state index >= 15 is 0 Å². The van der Waals surface area contributed by atoms with Crippen LogP contribution in [-0.4, -0.2) is 6.54 Å². The van der Waals surface area contributed by atoms with E-state index in [0.717, 1.165) is 6.54 Å². The first-order valence-corrected chi connectivity index (χ1v) is 5.94. The molecule has 0 atom stereocenters. The van der Waals surface area contributed by atoms with Gasteiger partial charge in [-0.15, -0.1) is 0 Å². The molecule has 0 heterocycles. The van der Waals surface area contributed by atoms with Crippen LogP contribution in [0.25, 0.3) is 10.8 Å². The lowest BCUT2D eigenvalue weighted by molar-refractivity contribution is 0.706. The van der Waals surface area contributed by atoms with Crippen molar-refractivity contribution in [2.45, 2.75) is 25.2 Å². The Morgan fingerprint density at radius 2 is 1.81 bits per heavy atom. The van der Waals surface area contributed by atoms with E-state index in [1.54, 1.807) is 0 Å². The van der Waals surface area contributed by atoms with Crippen LogP contribution >= 0.6 is 0 Å². The molecule has 0 spiro atoms. The maximum absolute atomic E-state index is 5.87. The number of aryl methyl sites for hydroxylation is 1. The first-order chi connectivity index (χ1) is 7.73. The van der Waals surface area contributed by atoms with Gasteiger partial charge >= 0.3 is 0 Å². The fourth-order valence-corrected chi connectivity index (χ4v) is 2.46. The summed E-state index contributed by atoms with van der Waals surface area (Å²) < 4.78 is 0. The van der Waals surface area contributed by atoms with Crippen LogP contribution < -0.4 is 5.73 Å². The van der Waals surface area contributed by atoms with Gasteiger partial charge in [0.2, 0.25) is 0 Å². The molecule has 2 N–H and O–H groups in total. The molecule has 0 aromatic heterocycles. The largest absolute Gasteiger partial charge is 0.330 e. The van der Waals surface area contributed by atoms with Crippen LogP contribution in [-0.2, 0) is 5.41 Å². The minimum absolute atomic E-state index is 0.304. The van der Waals surface area contributed by atoms with Gasteiger partial charge in [0.25, 0.3) is 0 Å². The fourth-order valence-electron chi connectivity index (χ4n) is 2.46. The van der Waals surface area contributed by atoms with Crippen molar-refractivity contribution in [3.05, 3.63) is 47.5 Å². The number of fused-ring (bicyclic) bond motifs is 1. The highest BCUT2D eigenvalue weighted by atomic mass is 14.7. The zero-order valence-electron chi connectivity index (χ0n) is 9.66. The number of rotatable bonds is 2. The highest BCUT2D eigenvalue weighted by molar-refractivity contribution is 5.84. The molecule has 0 radical (unpaired) electrons. The standard InChI is InChI=1S/C15H17N/c1-11-2-3-12-4-5-14(9-13(12)8-11)15(10-16)6-7-15/h2-5,8-9H,6-7,10,16H2,1H3. The molecule has 2 aromatic rings. The van der Waals surface area contributed by atoms with Gasteiger partial charge in [-0.05, 0) is 36.1 Å². The highest BCUT2D eigenvalue weighted by Crippen LogP contribution is 2.47. The van der Waals surface area contributed by atoms with E-state index in [2.05, 4.69) is 43.3 Å². The smallest absolute Gasteiger partial charge is 0.00764 e. The molecular weight excluding hydrogens is 194 g/mol. The highest BCUT2D eigenvalue weighted by Gasteiger charge is 2.42. The second-order valence-corrected chi connectivity index (χ2v) is 5.05. The van der Waals surface area contributed by atoms with Gasteiger partial charge in [-0.2, -0.15) is 0 Å². The van der Waals surface area contributed by atoms with Crippen molar-refractivity contribution < 1.29 is 0 Å². The number of nitrogens with two attached hydrogens (primary N) is 1. The lowest BCUT2D eigenvalue weighted by atomic mass is 9.93. The first-order valence-electron chi connectivity index (χ1n) is 5.94. The molecule has 3 rings (SSSR count). The lowest BCUT2D eigenvalue weighted by Crippen LogP contribution is -2.19. The lowest BCUT2D eigenvalue weighted by Gasteiger charge is -2.13. The third-order valence-electron chi connectivity index (χ3n) is 3.85. The van der Waals surface area contributed by atoms with Gasteiger partial charge in [-0.25, -0.2) is 0 Å². The van der Waals surface area contributed by atoms with E-state index in [-0.39, 0.29) is 0 Å². The zero-order chi connectivity index (χ0) is 11.2. The van der Waals surface area contributed by atoms with Crippen molar-refractivity contribution in [3.8, 4) is 0 Å². The van der Waals surface area contributed by atoms with Gasteiger partial charge in [-0.3, -0.25) is 0 Å². The molecule has 0 aliphatic heterocycles. The summed E-state index contributed by atoms with van der Waals surface area (Å²) in [6.45, 7) is 2.92. The summed E-state index contributed by atoms with van der Waals surface area (Å²) in [4.78, 5) is 0. The topological polar surface area (TPSA) is 26.0 Å². The van der Waals surface area contributed by atoms with Crippen molar-refractivity contribution in [2.24, 2.45) is 5.73 Å². The molecule has 16 heavy (non-hydrogen) atoms. The minimum atomic E-state index is 0.304. The summed E-state index contributed by atoms with van der Waals surface area (Å²) in [6.07, 6.45) is 2.50. The van der Waals surface area contributed by atoms with Crippen LogP contribution in [0, 0.1) is 6.92 Å². The van der Waals surface area contributed by atoms with Gasteiger partial charge in [0.15, 0.2) is 0 Å². The molecule has 0 saturated heterocycles. The average molecular weight is 211 g/mol. The Kier molecular flexibility index (Phi) is 2.05. The van der Waals surface area contributed by atoms with Crippen molar-refractivity contribution in [1.29, 1.82) is 0 Å². The molecule has 82 valence electrons. The summed E-state index contributed by atoms with van der Waals surface area (Å²) in [5, 5.41) is 2.67. The number of hydrogen-bond acceptors (Lipinski definition) is 1. The van der Waals surface area contributed by atoms with E-state index in [1.807, 2.05) is 0 Å². The van der Waals surface area contributed by atoms with Crippen LogP contribution in [0.2, 0.25) is 0 Å². The molecule has 1 heteroatoms. The van der Waals surface area contributed by atoms with E-state index in [9.17, 15) is 0 Å². The van der Waals surface area contributed by atoms with Crippen molar-refractivity contribution in [3.63, 3.8) is 0 Å². The van der Waals surface area contributed by atoms with Crippen LogP contribution in [0.4, 0.5) is 0 Å². The van der Waals surface area contributed by atoms with E-state index < -0.39 is 0 Å². The average Bonchev–Trinajstić information content (AvgIpc) is 3.09. The zero-order valence-corrected chi connectivity index (χ0v) is 9.66. The second-order valence-electron chi connectivity index (χ2n) is 5.05. The van der Waals surface area contributed by atoms with Gasteiger partial charge in [-0.1, -0.05) is 42.0 Å². The Hall–Kier alpha value is -1.34. The first kappa shape index (κ1) is 9.86. The monoisotopic (exact) mass is 211 g/mol. The van der Waals surface area contributed by atoms with Gasteiger partial charge in [0.1, 0.15) is 0 Å². The maximum atomic E-state index is 5.87. The summed E-state index contributed by atoms with van der Waals surface area (Å²) in [5.41, 5.74) is 8.92. The Labute approximate surface area is 96.3 Å². The minimum Gasteiger partial charge on any atom is -0.330 e. The summed E-state index contributed by atoms with van der Waals surface area (Å²) >= 11 is 0. The molecular formula is C15H17N. The second kappa shape index (κ2) is 3.33. The number of hydrogen-bond donors (Lipinski definition) is 1.